The number of carboxylic acid groups (broad SMARTS) is 1. The van der Waals surface area contributed by atoms with Crippen LogP contribution < -0.4 is 5.32 Å². The normalized spacial score (nSPS) is 12.2. The number of hydrogen-bond acceptors (Lipinski definition) is 2. The first-order valence-corrected chi connectivity index (χ1v) is 5.59. The van der Waals surface area contributed by atoms with Gasteiger partial charge in [0, 0.05) is 10.6 Å². The van der Waals surface area contributed by atoms with Gasteiger partial charge in [0.25, 0.3) is 5.91 Å². The van der Waals surface area contributed by atoms with Crippen molar-refractivity contribution in [3.63, 3.8) is 0 Å². The highest BCUT2D eigenvalue weighted by molar-refractivity contribution is 6.30. The van der Waals surface area contributed by atoms with E-state index in [4.69, 9.17) is 16.7 Å². The number of carboxylic acids is 1. The Kier molecular flexibility index (Phi) is 4.52. The molecule has 0 saturated carbocycles. The standard InChI is InChI=1S/C12H14ClNO3/c1-7(2)10(12(16)17)14-11(15)8-4-3-5-9(13)6-8/h3-7,10H,1-2H3,(H,14,15)(H,16,17)/t10-/m0/s1. The Hall–Kier alpha value is -1.55. The Labute approximate surface area is 105 Å². The van der Waals surface area contributed by atoms with Crippen LogP contribution in [0.3, 0.4) is 0 Å². The smallest absolute Gasteiger partial charge is 0.326 e. The fourth-order valence-electron chi connectivity index (χ4n) is 1.37. The van der Waals surface area contributed by atoms with Crippen molar-refractivity contribution in [2.24, 2.45) is 5.92 Å². The molecule has 1 aromatic rings. The van der Waals surface area contributed by atoms with Crippen LogP contribution in [0.5, 0.6) is 0 Å². The number of nitrogens with one attached hydrogen (secondary N) is 1. The lowest BCUT2D eigenvalue weighted by Crippen LogP contribution is -2.44. The van der Waals surface area contributed by atoms with Gasteiger partial charge in [-0.1, -0.05) is 31.5 Å². The number of aliphatic carboxylic acids is 1. The molecule has 0 unspecified atom stereocenters. The van der Waals surface area contributed by atoms with E-state index in [0.717, 1.165) is 0 Å². The molecule has 2 N–H and O–H groups in total. The molecule has 5 heteroatoms. The van der Waals surface area contributed by atoms with Crippen LogP contribution in [-0.2, 0) is 4.79 Å². The Morgan fingerprint density at radius 3 is 2.47 bits per heavy atom. The van der Waals surface area contributed by atoms with Crippen LogP contribution in [-0.4, -0.2) is 23.0 Å². The van der Waals surface area contributed by atoms with E-state index in [1.165, 1.54) is 6.07 Å². The molecule has 0 spiro atoms. The molecule has 0 heterocycles. The van der Waals surface area contributed by atoms with Crippen LogP contribution in [0.15, 0.2) is 24.3 Å². The number of amides is 1. The summed E-state index contributed by atoms with van der Waals surface area (Å²) >= 11 is 5.75. The molecule has 1 atom stereocenters. The Bertz CT molecular complexity index is 432. The number of halogens is 1. The zero-order valence-corrected chi connectivity index (χ0v) is 10.4. The van der Waals surface area contributed by atoms with Gasteiger partial charge in [0.1, 0.15) is 6.04 Å². The number of carbonyl (C=O) groups excluding carboxylic acids is 1. The third-order valence-corrected chi connectivity index (χ3v) is 2.54. The van der Waals surface area contributed by atoms with Crippen molar-refractivity contribution in [2.75, 3.05) is 0 Å². The largest absolute Gasteiger partial charge is 0.480 e. The topological polar surface area (TPSA) is 66.4 Å². The molecule has 0 saturated heterocycles. The summed E-state index contributed by atoms with van der Waals surface area (Å²) in [6, 6.07) is 5.47. The SMILES string of the molecule is CC(C)[C@H](NC(=O)c1cccc(Cl)c1)C(=O)O. The first-order chi connectivity index (χ1) is 7.91. The zero-order valence-electron chi connectivity index (χ0n) is 9.61. The van der Waals surface area contributed by atoms with E-state index in [1.54, 1.807) is 32.0 Å². The number of benzene rings is 1. The molecule has 4 nitrogen and oxygen atoms in total. The quantitative estimate of drug-likeness (QED) is 0.867. The highest BCUT2D eigenvalue weighted by Crippen LogP contribution is 2.11. The maximum absolute atomic E-state index is 11.8. The lowest BCUT2D eigenvalue weighted by Gasteiger charge is -2.17. The molecular formula is C12H14ClNO3. The highest BCUT2D eigenvalue weighted by atomic mass is 35.5. The predicted octanol–water partition coefficient (Wildman–Crippen LogP) is 2.18. The summed E-state index contributed by atoms with van der Waals surface area (Å²) in [5.74, 6) is -1.67. The van der Waals surface area contributed by atoms with Gasteiger partial charge in [-0.05, 0) is 24.1 Å². The molecule has 0 aliphatic rings. The number of rotatable bonds is 4. The minimum atomic E-state index is -1.05. The Balaban J connectivity index is 2.81. The van der Waals surface area contributed by atoms with Gasteiger partial charge in [-0.3, -0.25) is 4.79 Å². The monoisotopic (exact) mass is 255 g/mol. The summed E-state index contributed by atoms with van der Waals surface area (Å²) in [6.07, 6.45) is 0. The molecule has 1 rings (SSSR count). The molecule has 0 radical (unpaired) electrons. The molecule has 0 aliphatic heterocycles. The third-order valence-electron chi connectivity index (χ3n) is 2.31. The van der Waals surface area contributed by atoms with Crippen LogP contribution in [0.4, 0.5) is 0 Å². The second-order valence-electron chi connectivity index (χ2n) is 4.04. The van der Waals surface area contributed by atoms with E-state index in [0.29, 0.717) is 10.6 Å². The van der Waals surface area contributed by atoms with Gasteiger partial charge in [-0.15, -0.1) is 0 Å². The van der Waals surface area contributed by atoms with Crippen LogP contribution in [0.25, 0.3) is 0 Å². The van der Waals surface area contributed by atoms with Gasteiger partial charge in [0.15, 0.2) is 0 Å². The summed E-state index contributed by atoms with van der Waals surface area (Å²) in [5, 5.41) is 11.9. The fourth-order valence-corrected chi connectivity index (χ4v) is 1.56. The first kappa shape index (κ1) is 13.5. The van der Waals surface area contributed by atoms with Crippen LogP contribution in [0.1, 0.15) is 24.2 Å². The molecule has 0 aromatic heterocycles. The minimum absolute atomic E-state index is 0.185. The van der Waals surface area contributed by atoms with Gasteiger partial charge < -0.3 is 10.4 Å². The highest BCUT2D eigenvalue weighted by Gasteiger charge is 2.23. The lowest BCUT2D eigenvalue weighted by molar-refractivity contribution is -0.140. The van der Waals surface area contributed by atoms with Crippen molar-refractivity contribution in [1.82, 2.24) is 5.32 Å². The van der Waals surface area contributed by atoms with Gasteiger partial charge >= 0.3 is 5.97 Å². The van der Waals surface area contributed by atoms with Crippen LogP contribution in [0, 0.1) is 5.92 Å². The maximum Gasteiger partial charge on any atom is 0.326 e. The molecule has 17 heavy (non-hydrogen) atoms. The molecular weight excluding hydrogens is 242 g/mol. The molecule has 0 bridgehead atoms. The molecule has 1 amide bonds. The van der Waals surface area contributed by atoms with E-state index in [2.05, 4.69) is 5.32 Å². The average molecular weight is 256 g/mol. The summed E-state index contributed by atoms with van der Waals surface area (Å²) < 4.78 is 0. The molecule has 0 fully saturated rings. The van der Waals surface area contributed by atoms with Crippen molar-refractivity contribution in [2.45, 2.75) is 19.9 Å². The van der Waals surface area contributed by atoms with E-state index < -0.39 is 17.9 Å². The van der Waals surface area contributed by atoms with Crippen molar-refractivity contribution in [3.8, 4) is 0 Å². The summed E-state index contributed by atoms with van der Waals surface area (Å²) in [4.78, 5) is 22.7. The average Bonchev–Trinajstić information content (AvgIpc) is 2.24. The summed E-state index contributed by atoms with van der Waals surface area (Å²) in [6.45, 7) is 3.47. The number of hydrogen-bond donors (Lipinski definition) is 2. The second-order valence-corrected chi connectivity index (χ2v) is 4.48. The van der Waals surface area contributed by atoms with Crippen molar-refractivity contribution in [1.29, 1.82) is 0 Å². The van der Waals surface area contributed by atoms with E-state index in [9.17, 15) is 9.59 Å². The summed E-state index contributed by atoms with van der Waals surface area (Å²) in [5.41, 5.74) is 0.351. The van der Waals surface area contributed by atoms with Gasteiger partial charge in [-0.25, -0.2) is 4.79 Å². The Morgan fingerprint density at radius 1 is 1.35 bits per heavy atom. The van der Waals surface area contributed by atoms with Gasteiger partial charge in [-0.2, -0.15) is 0 Å². The van der Waals surface area contributed by atoms with Crippen molar-refractivity contribution < 1.29 is 14.7 Å². The maximum atomic E-state index is 11.8. The van der Waals surface area contributed by atoms with Gasteiger partial charge in [0.05, 0.1) is 0 Å². The summed E-state index contributed by atoms with van der Waals surface area (Å²) in [7, 11) is 0. The second kappa shape index (κ2) is 5.68. The molecule has 92 valence electrons. The van der Waals surface area contributed by atoms with Crippen LogP contribution >= 0.6 is 11.6 Å². The van der Waals surface area contributed by atoms with E-state index in [-0.39, 0.29) is 5.92 Å². The minimum Gasteiger partial charge on any atom is -0.480 e. The third kappa shape index (κ3) is 3.75. The van der Waals surface area contributed by atoms with Crippen molar-refractivity contribution in [3.05, 3.63) is 34.9 Å². The lowest BCUT2D eigenvalue weighted by atomic mass is 10.0. The van der Waals surface area contributed by atoms with Gasteiger partial charge in [0.2, 0.25) is 0 Å². The van der Waals surface area contributed by atoms with Crippen LogP contribution in [0.2, 0.25) is 5.02 Å². The molecule has 0 aliphatic carbocycles. The Morgan fingerprint density at radius 2 is 2.00 bits per heavy atom. The molecule has 1 aromatic carbocycles. The predicted molar refractivity (Wildman–Crippen MR) is 65.2 cm³/mol. The van der Waals surface area contributed by atoms with E-state index in [1.807, 2.05) is 0 Å². The first-order valence-electron chi connectivity index (χ1n) is 5.21. The number of carbonyl (C=O) groups is 2. The van der Waals surface area contributed by atoms with Crippen molar-refractivity contribution >= 4 is 23.5 Å². The fraction of sp³-hybridized carbons (Fsp3) is 0.333. The zero-order chi connectivity index (χ0) is 13.0. The van der Waals surface area contributed by atoms with E-state index >= 15 is 0 Å².